The van der Waals surface area contributed by atoms with Crippen LogP contribution in [0.2, 0.25) is 0 Å². The molecule has 1 aromatic rings. The molecule has 0 bridgehead atoms. The molecule has 0 radical (unpaired) electrons. The number of rotatable bonds is 3. The van der Waals surface area contributed by atoms with Crippen LogP contribution in [0.5, 0.6) is 5.75 Å². The Labute approximate surface area is 111 Å². The summed E-state index contributed by atoms with van der Waals surface area (Å²) in [5.74, 6) is -1.83. The SMILES string of the molecule is O=C(COc1ccc(F)c(F)c1)N1CCCCCC1. The third kappa shape index (κ3) is 3.91. The molecule has 19 heavy (non-hydrogen) atoms. The molecule has 0 unspecified atom stereocenters. The van der Waals surface area contributed by atoms with E-state index in [-0.39, 0.29) is 18.3 Å². The molecule has 3 nitrogen and oxygen atoms in total. The molecule has 5 heteroatoms. The average molecular weight is 269 g/mol. The van der Waals surface area contributed by atoms with E-state index in [4.69, 9.17) is 4.74 Å². The Kier molecular flexibility index (Phi) is 4.71. The lowest BCUT2D eigenvalue weighted by atomic mass is 10.2. The zero-order chi connectivity index (χ0) is 13.7. The van der Waals surface area contributed by atoms with Gasteiger partial charge in [0.25, 0.3) is 5.91 Å². The van der Waals surface area contributed by atoms with Gasteiger partial charge >= 0.3 is 0 Å². The molecule has 0 aromatic heterocycles. The smallest absolute Gasteiger partial charge is 0.260 e. The molecule has 0 aliphatic carbocycles. The fraction of sp³-hybridized carbons (Fsp3) is 0.500. The van der Waals surface area contributed by atoms with E-state index in [1.54, 1.807) is 4.90 Å². The van der Waals surface area contributed by atoms with Crippen LogP contribution in [-0.4, -0.2) is 30.5 Å². The zero-order valence-corrected chi connectivity index (χ0v) is 10.7. The molecule has 1 saturated heterocycles. The number of amides is 1. The molecule has 0 N–H and O–H groups in total. The average Bonchev–Trinajstić information content (AvgIpc) is 2.69. The van der Waals surface area contributed by atoms with E-state index in [9.17, 15) is 13.6 Å². The van der Waals surface area contributed by atoms with Crippen molar-refractivity contribution < 1.29 is 18.3 Å². The van der Waals surface area contributed by atoms with Crippen molar-refractivity contribution in [3.05, 3.63) is 29.8 Å². The van der Waals surface area contributed by atoms with E-state index in [2.05, 4.69) is 0 Å². The van der Waals surface area contributed by atoms with Gasteiger partial charge < -0.3 is 9.64 Å². The number of ether oxygens (including phenoxy) is 1. The van der Waals surface area contributed by atoms with Crippen molar-refractivity contribution in [2.45, 2.75) is 25.7 Å². The van der Waals surface area contributed by atoms with Crippen LogP contribution in [0, 0.1) is 11.6 Å². The lowest BCUT2D eigenvalue weighted by Crippen LogP contribution is -2.35. The molecule has 104 valence electrons. The largest absolute Gasteiger partial charge is 0.484 e. The molecule has 1 aliphatic rings. The molecular formula is C14H17F2NO2. The highest BCUT2D eigenvalue weighted by molar-refractivity contribution is 5.77. The fourth-order valence-electron chi connectivity index (χ4n) is 2.12. The van der Waals surface area contributed by atoms with Gasteiger partial charge in [-0.1, -0.05) is 12.8 Å². The van der Waals surface area contributed by atoms with Gasteiger partial charge in [-0.3, -0.25) is 4.79 Å². The van der Waals surface area contributed by atoms with E-state index >= 15 is 0 Å². The maximum Gasteiger partial charge on any atom is 0.260 e. The van der Waals surface area contributed by atoms with E-state index in [0.29, 0.717) is 0 Å². The van der Waals surface area contributed by atoms with Crippen LogP contribution >= 0.6 is 0 Å². The number of hydrogen-bond donors (Lipinski definition) is 0. The predicted molar refractivity (Wildman–Crippen MR) is 66.9 cm³/mol. The van der Waals surface area contributed by atoms with Crippen molar-refractivity contribution in [3.8, 4) is 5.75 Å². The molecule has 1 fully saturated rings. The van der Waals surface area contributed by atoms with Crippen LogP contribution in [0.15, 0.2) is 18.2 Å². The van der Waals surface area contributed by atoms with Crippen molar-refractivity contribution in [2.75, 3.05) is 19.7 Å². The summed E-state index contributed by atoms with van der Waals surface area (Å²) in [6, 6.07) is 3.25. The summed E-state index contributed by atoms with van der Waals surface area (Å²) < 4.78 is 30.9. The summed E-state index contributed by atoms with van der Waals surface area (Å²) in [6.45, 7) is 1.37. The highest BCUT2D eigenvalue weighted by atomic mass is 19.2. The van der Waals surface area contributed by atoms with E-state index in [0.717, 1.165) is 50.9 Å². The van der Waals surface area contributed by atoms with Crippen LogP contribution in [0.25, 0.3) is 0 Å². The number of nitrogens with zero attached hydrogens (tertiary/aromatic N) is 1. The maximum absolute atomic E-state index is 13.0. The number of likely N-dealkylation sites (tertiary alicyclic amines) is 1. The minimum atomic E-state index is -0.972. The van der Waals surface area contributed by atoms with Crippen molar-refractivity contribution in [2.24, 2.45) is 0 Å². The second-order valence-corrected chi connectivity index (χ2v) is 4.66. The zero-order valence-electron chi connectivity index (χ0n) is 10.7. The minimum absolute atomic E-state index is 0.105. The van der Waals surface area contributed by atoms with Crippen LogP contribution in [0.3, 0.4) is 0 Å². The first-order chi connectivity index (χ1) is 9.16. The lowest BCUT2D eigenvalue weighted by molar-refractivity contribution is -0.133. The molecule has 1 amide bonds. The minimum Gasteiger partial charge on any atom is -0.484 e. The number of carbonyl (C=O) groups excluding carboxylic acids is 1. The van der Waals surface area contributed by atoms with Gasteiger partial charge in [-0.15, -0.1) is 0 Å². The van der Waals surface area contributed by atoms with Gasteiger partial charge in [-0.25, -0.2) is 8.78 Å². The molecule has 0 saturated carbocycles. The first-order valence-corrected chi connectivity index (χ1v) is 6.52. The summed E-state index contributed by atoms with van der Waals surface area (Å²) in [4.78, 5) is 13.7. The summed E-state index contributed by atoms with van der Waals surface area (Å²) in [7, 11) is 0. The van der Waals surface area contributed by atoms with E-state index in [1.165, 1.54) is 6.07 Å². The van der Waals surface area contributed by atoms with Gasteiger partial charge in [0.2, 0.25) is 0 Å². The van der Waals surface area contributed by atoms with Crippen molar-refractivity contribution in [1.82, 2.24) is 4.90 Å². The summed E-state index contributed by atoms with van der Waals surface area (Å²) >= 11 is 0. The number of benzene rings is 1. The Morgan fingerprint density at radius 1 is 1.11 bits per heavy atom. The normalized spacial score (nSPS) is 16.0. The van der Waals surface area contributed by atoms with Crippen molar-refractivity contribution in [1.29, 1.82) is 0 Å². The Balaban J connectivity index is 1.86. The predicted octanol–water partition coefficient (Wildman–Crippen LogP) is 2.75. The molecule has 1 aromatic carbocycles. The van der Waals surface area contributed by atoms with E-state index < -0.39 is 11.6 Å². The second-order valence-electron chi connectivity index (χ2n) is 4.66. The van der Waals surface area contributed by atoms with Crippen LogP contribution in [0.1, 0.15) is 25.7 Å². The summed E-state index contributed by atoms with van der Waals surface area (Å²) in [6.07, 6.45) is 4.31. The Morgan fingerprint density at radius 3 is 2.42 bits per heavy atom. The van der Waals surface area contributed by atoms with Crippen molar-refractivity contribution in [3.63, 3.8) is 0 Å². The number of hydrogen-bond acceptors (Lipinski definition) is 2. The maximum atomic E-state index is 13.0. The molecule has 2 rings (SSSR count). The third-order valence-electron chi connectivity index (χ3n) is 3.21. The van der Waals surface area contributed by atoms with Gasteiger partial charge in [-0.2, -0.15) is 0 Å². The lowest BCUT2D eigenvalue weighted by Gasteiger charge is -2.20. The van der Waals surface area contributed by atoms with Gasteiger partial charge in [0.15, 0.2) is 18.2 Å². The first kappa shape index (κ1) is 13.8. The Hall–Kier alpha value is -1.65. The third-order valence-corrected chi connectivity index (χ3v) is 3.21. The van der Waals surface area contributed by atoms with Crippen LogP contribution in [0.4, 0.5) is 8.78 Å². The van der Waals surface area contributed by atoms with Gasteiger partial charge in [0.05, 0.1) is 0 Å². The van der Waals surface area contributed by atoms with E-state index in [1.807, 2.05) is 0 Å². The second kappa shape index (κ2) is 6.50. The number of halogens is 2. The van der Waals surface area contributed by atoms with Gasteiger partial charge in [0, 0.05) is 19.2 Å². The highest BCUT2D eigenvalue weighted by Crippen LogP contribution is 2.16. The van der Waals surface area contributed by atoms with Crippen LogP contribution in [-0.2, 0) is 4.79 Å². The molecule has 0 spiro atoms. The first-order valence-electron chi connectivity index (χ1n) is 6.52. The monoisotopic (exact) mass is 269 g/mol. The summed E-state index contributed by atoms with van der Waals surface area (Å²) in [5.41, 5.74) is 0. The number of carbonyl (C=O) groups is 1. The standard InChI is InChI=1S/C14H17F2NO2/c15-12-6-5-11(9-13(12)16)19-10-14(18)17-7-3-1-2-4-8-17/h5-6,9H,1-4,7-8,10H2. The quantitative estimate of drug-likeness (QED) is 0.844. The fourth-order valence-corrected chi connectivity index (χ4v) is 2.12. The molecular weight excluding hydrogens is 252 g/mol. The Bertz CT molecular complexity index is 443. The molecule has 0 atom stereocenters. The topological polar surface area (TPSA) is 29.5 Å². The highest BCUT2D eigenvalue weighted by Gasteiger charge is 2.16. The summed E-state index contributed by atoms with van der Waals surface area (Å²) in [5, 5.41) is 0. The van der Waals surface area contributed by atoms with Crippen LogP contribution < -0.4 is 4.74 Å². The Morgan fingerprint density at radius 2 is 1.79 bits per heavy atom. The van der Waals surface area contributed by atoms with Crippen molar-refractivity contribution >= 4 is 5.91 Å². The molecule has 1 heterocycles. The molecule has 1 aliphatic heterocycles. The van der Waals surface area contributed by atoms with Gasteiger partial charge in [-0.05, 0) is 25.0 Å². The van der Waals surface area contributed by atoms with Gasteiger partial charge in [0.1, 0.15) is 5.75 Å².